The van der Waals surface area contributed by atoms with Gasteiger partial charge in [0.05, 0.1) is 22.7 Å². The summed E-state index contributed by atoms with van der Waals surface area (Å²) in [6.07, 6.45) is 6.47. The third-order valence-electron chi connectivity index (χ3n) is 28.8. The van der Waals surface area contributed by atoms with Crippen LogP contribution < -0.4 is 52.8 Å². The highest BCUT2D eigenvalue weighted by Gasteiger charge is 2.52. The van der Waals surface area contributed by atoms with Crippen LogP contribution in [0.25, 0.3) is 21.9 Å². The summed E-state index contributed by atoms with van der Waals surface area (Å²) < 4.78 is 15.7. The molecule has 8 heteroatoms. The van der Waals surface area contributed by atoms with Gasteiger partial charge >= 0.3 is 0 Å². The molecule has 0 fully saturated rings. The zero-order chi connectivity index (χ0) is 82.7. The maximum atomic E-state index is 7.95. The van der Waals surface area contributed by atoms with Crippen LogP contribution in [0.15, 0.2) is 179 Å². The Hall–Kier alpha value is -9.39. The van der Waals surface area contributed by atoms with E-state index in [-0.39, 0.29) is 67.6 Å². The first-order chi connectivity index (χ1) is 54.1. The van der Waals surface area contributed by atoms with Crippen molar-refractivity contribution in [3.05, 3.63) is 248 Å². The largest absolute Gasteiger partial charge is 0.468 e. The van der Waals surface area contributed by atoms with Crippen LogP contribution in [0.3, 0.4) is 0 Å². The predicted molar refractivity (Wildman–Crippen MR) is 500 cm³/mol. The first-order valence-corrected chi connectivity index (χ1v) is 43.6. The van der Waals surface area contributed by atoms with Crippen LogP contribution in [0.4, 0.5) is 68.2 Å². The van der Waals surface area contributed by atoms with E-state index in [4.69, 9.17) is 8.83 Å². The zero-order valence-corrected chi connectivity index (χ0v) is 75.2. The highest BCUT2D eigenvalue weighted by Crippen LogP contribution is 2.57. The SMILES string of the molecule is Cc1ccc(N2c3cc(C(C)(C)C)ccc3B3c4oc5cc6c(cc5c4N(c4ccc(C(C)(C)CCC5(C)CCC(C)(C)c7cc8c9c(oc8cc75)B5c7ccc(C(C)(C)C)cc7N(c7cc(C(C)(C)C)cc(C(C)(C)C)c7)c7cc(C)cc(c75)N9c5ccc(C(C)(C)C)cc5)cc4)c4cc(C)cc2c43)C(C)(C)CCC6(C)C)c(C)c1. The fourth-order valence-electron chi connectivity index (χ4n) is 21.1. The lowest BCUT2D eigenvalue weighted by Crippen LogP contribution is -2.61. The van der Waals surface area contributed by atoms with Crippen molar-refractivity contribution in [3.8, 4) is 0 Å². The summed E-state index contributed by atoms with van der Waals surface area (Å²) in [5, 5.41) is 2.37. The molecule has 0 saturated carbocycles. The van der Waals surface area contributed by atoms with Gasteiger partial charge in [-0.2, -0.15) is 0 Å². The van der Waals surface area contributed by atoms with Crippen molar-refractivity contribution in [1.29, 1.82) is 0 Å². The highest BCUT2D eigenvalue weighted by atomic mass is 16.3. The lowest BCUT2D eigenvalue weighted by molar-refractivity contribution is 0.272. The van der Waals surface area contributed by atoms with E-state index in [0.717, 1.165) is 83.8 Å². The van der Waals surface area contributed by atoms with Gasteiger partial charge in [-0.05, 0) is 318 Å². The molecule has 0 bridgehead atoms. The molecule has 594 valence electrons. The van der Waals surface area contributed by atoms with Crippen LogP contribution >= 0.6 is 0 Å². The summed E-state index contributed by atoms with van der Waals surface area (Å²) in [6, 6.07) is 68.5. The number of nitrogens with zero attached hydrogens (tertiary/aromatic N) is 4. The van der Waals surface area contributed by atoms with Gasteiger partial charge in [-0.3, -0.25) is 0 Å². The second-order valence-electron chi connectivity index (χ2n) is 44.6. The molecular weight excluding hydrogens is 1410 g/mol. The Labute approximate surface area is 695 Å². The molecule has 2 aliphatic carbocycles. The van der Waals surface area contributed by atoms with Crippen LogP contribution in [0.2, 0.25) is 0 Å². The third-order valence-corrected chi connectivity index (χ3v) is 28.8. The number of rotatable bonds is 8. The molecule has 6 aliphatic rings. The fraction of sp³-hybridized carbons (Fsp3) is 0.407. The van der Waals surface area contributed by atoms with Crippen molar-refractivity contribution in [2.45, 2.75) is 287 Å². The van der Waals surface area contributed by atoms with Gasteiger partial charge in [0, 0.05) is 67.6 Å². The number of hydrogen-bond acceptors (Lipinski definition) is 6. The van der Waals surface area contributed by atoms with Crippen molar-refractivity contribution in [2.24, 2.45) is 0 Å². The smallest absolute Gasteiger partial charge is 0.297 e. The maximum Gasteiger partial charge on any atom is 0.297 e. The van der Waals surface area contributed by atoms with E-state index in [2.05, 4.69) is 383 Å². The predicted octanol–water partition coefficient (Wildman–Crippen LogP) is 26.5. The number of hydrogen-bond donors (Lipinski definition) is 0. The summed E-state index contributed by atoms with van der Waals surface area (Å²) in [7, 11) is 0. The molecule has 1 unspecified atom stereocenters. The van der Waals surface area contributed by atoms with Gasteiger partial charge < -0.3 is 28.4 Å². The Morgan fingerprint density at radius 1 is 0.319 bits per heavy atom. The average Bonchev–Trinajstić information content (AvgIpc) is 1.43. The van der Waals surface area contributed by atoms with Gasteiger partial charge in [0.25, 0.3) is 13.4 Å². The molecule has 0 spiro atoms. The van der Waals surface area contributed by atoms with Gasteiger partial charge in [0.15, 0.2) is 0 Å². The monoisotopic (exact) mass is 1530 g/mol. The molecule has 10 aromatic carbocycles. The number of furan rings is 2. The molecule has 0 saturated heterocycles. The summed E-state index contributed by atoms with van der Waals surface area (Å²) in [6.45, 7) is 66.4. The molecule has 0 N–H and O–H groups in total. The Morgan fingerprint density at radius 2 is 0.707 bits per heavy atom. The standard InChI is InChI=1S/C108H124B2N4O2/c1-63-29-42-84(66(4)49-63)114-86-58-70(101(11,12)13)35-41-83(86)110-94-89(52-65(3)53-90(94)114)113(95-76-59-78-80(61-91(76)115-98(95)110)106(24,25)44-43-105(78,22)23)74-38-32-68(33-39-74)104(20,21)45-47-108(28)48-46-107(26,27)79-60-77-92(62-81(79)108)116-97-96(77)112(73-36-30-67(31-37-73)99(5,6)7)88-51-64(2)50-87-93(88)109(97)82-40-34-69(100(8,9)10)57-85(82)111(87)75-55-71(102(14,15)16)54-72(56-75)103(17,18)19/h29-42,49-62H,43-48H2,1-28H3. The van der Waals surface area contributed by atoms with Crippen LogP contribution in [-0.2, 0) is 54.1 Å². The molecule has 0 radical (unpaired) electrons. The molecule has 2 aromatic heterocycles. The fourth-order valence-corrected chi connectivity index (χ4v) is 21.1. The molecule has 12 aromatic rings. The number of fused-ring (bicyclic) bond motifs is 14. The lowest BCUT2D eigenvalue weighted by atomic mass is 9.35. The number of aryl methyl sites for hydroxylation is 4. The van der Waals surface area contributed by atoms with Crippen LogP contribution in [0.1, 0.15) is 283 Å². The van der Waals surface area contributed by atoms with Crippen molar-refractivity contribution in [1.82, 2.24) is 0 Å². The number of benzene rings is 10. The Balaban J connectivity index is 0.760. The third kappa shape index (κ3) is 12.3. The summed E-state index contributed by atoms with van der Waals surface area (Å²) in [5.74, 6) is 0. The minimum Gasteiger partial charge on any atom is -0.468 e. The number of anilines is 12. The molecule has 18 rings (SSSR count). The minimum atomic E-state index is -0.177. The molecule has 6 nitrogen and oxygen atoms in total. The van der Waals surface area contributed by atoms with Gasteiger partial charge in [-0.25, -0.2) is 0 Å². The van der Waals surface area contributed by atoms with E-state index in [1.54, 1.807) is 0 Å². The van der Waals surface area contributed by atoms with Gasteiger partial charge in [0.1, 0.15) is 11.2 Å². The Bertz CT molecular complexity index is 6060. The second kappa shape index (κ2) is 25.6. The first kappa shape index (κ1) is 77.8. The summed E-state index contributed by atoms with van der Waals surface area (Å²) in [5.41, 5.74) is 41.4. The van der Waals surface area contributed by atoms with Crippen molar-refractivity contribution in [2.75, 3.05) is 19.6 Å². The van der Waals surface area contributed by atoms with Crippen molar-refractivity contribution < 1.29 is 8.83 Å². The Kier molecular flexibility index (Phi) is 17.2. The first-order valence-electron chi connectivity index (χ1n) is 43.6. The highest BCUT2D eigenvalue weighted by molar-refractivity contribution is 7.00. The van der Waals surface area contributed by atoms with Crippen LogP contribution in [0, 0.1) is 27.7 Å². The summed E-state index contributed by atoms with van der Waals surface area (Å²) in [4.78, 5) is 10.4. The quantitative estimate of drug-likeness (QED) is 0.141. The van der Waals surface area contributed by atoms with E-state index in [9.17, 15) is 0 Å². The Morgan fingerprint density at radius 3 is 1.16 bits per heavy atom. The lowest BCUT2D eigenvalue weighted by Gasteiger charge is -2.45. The normalized spacial score (nSPS) is 17.9. The van der Waals surface area contributed by atoms with Gasteiger partial charge in [-0.1, -0.05) is 238 Å². The van der Waals surface area contributed by atoms with E-state index < -0.39 is 0 Å². The van der Waals surface area contributed by atoms with Crippen LogP contribution in [-0.4, -0.2) is 13.4 Å². The topological polar surface area (TPSA) is 39.2 Å². The summed E-state index contributed by atoms with van der Waals surface area (Å²) >= 11 is 0. The van der Waals surface area contributed by atoms with Crippen molar-refractivity contribution >= 4 is 137 Å². The van der Waals surface area contributed by atoms with E-state index in [0.29, 0.717) is 0 Å². The van der Waals surface area contributed by atoms with E-state index >= 15 is 0 Å². The molecule has 0 amide bonds. The molecule has 116 heavy (non-hydrogen) atoms. The minimum absolute atomic E-state index is 0.00266. The second-order valence-corrected chi connectivity index (χ2v) is 44.6. The average molecular weight is 1530 g/mol. The van der Waals surface area contributed by atoms with E-state index in [1.165, 1.54) is 156 Å². The molecular formula is C108H124B2N4O2. The molecule has 6 heterocycles. The maximum absolute atomic E-state index is 7.95. The van der Waals surface area contributed by atoms with Gasteiger partial charge in [0.2, 0.25) is 0 Å². The van der Waals surface area contributed by atoms with Gasteiger partial charge in [-0.15, -0.1) is 0 Å². The zero-order valence-electron chi connectivity index (χ0n) is 75.2. The van der Waals surface area contributed by atoms with Crippen molar-refractivity contribution in [3.63, 3.8) is 0 Å². The van der Waals surface area contributed by atoms with Crippen LogP contribution in [0.5, 0.6) is 0 Å². The molecule has 1 atom stereocenters. The van der Waals surface area contributed by atoms with E-state index in [1.807, 2.05) is 0 Å². The molecule has 4 aliphatic heterocycles.